The summed E-state index contributed by atoms with van der Waals surface area (Å²) >= 11 is 6.69. The van der Waals surface area contributed by atoms with Crippen LogP contribution in [0.2, 0.25) is 0 Å². The molecule has 2 aromatic rings. The van der Waals surface area contributed by atoms with E-state index in [9.17, 15) is 9.59 Å². The first-order valence-electron chi connectivity index (χ1n) is 7.50. The molecule has 0 N–H and O–H groups in total. The number of hydrogen-bond donors (Lipinski definition) is 0. The van der Waals surface area contributed by atoms with Gasteiger partial charge >= 0.3 is 0 Å². The van der Waals surface area contributed by atoms with E-state index < -0.39 is 0 Å². The molecule has 7 heteroatoms. The molecule has 1 radical (unpaired) electrons. The van der Waals surface area contributed by atoms with Crippen LogP contribution in [0.4, 0.5) is 0 Å². The van der Waals surface area contributed by atoms with Gasteiger partial charge in [-0.1, -0.05) is 56.1 Å². The minimum Gasteiger partial charge on any atom is -0.328 e. The van der Waals surface area contributed by atoms with Gasteiger partial charge in [-0.15, -0.1) is 0 Å². The minimum absolute atomic E-state index is 0.0173. The molecule has 1 heterocycles. The van der Waals surface area contributed by atoms with E-state index in [0.717, 1.165) is 8.95 Å². The van der Waals surface area contributed by atoms with Crippen LogP contribution in [-0.2, 0) is 0 Å². The first kappa shape index (κ1) is 17.8. The second-order valence-corrected chi connectivity index (χ2v) is 7.31. The van der Waals surface area contributed by atoms with Crippen molar-refractivity contribution in [1.29, 1.82) is 0 Å². The lowest BCUT2D eigenvalue weighted by atomic mass is 10.1. The molecule has 0 spiro atoms. The maximum absolute atomic E-state index is 12.3. The third kappa shape index (κ3) is 4.76. The van der Waals surface area contributed by atoms with E-state index >= 15 is 0 Å². The van der Waals surface area contributed by atoms with Crippen molar-refractivity contribution in [3.8, 4) is 0 Å². The molecule has 0 aliphatic carbocycles. The number of carbonyl (C=O) groups is 2. The number of benzene rings is 2. The van der Waals surface area contributed by atoms with Crippen LogP contribution in [0.1, 0.15) is 20.7 Å². The maximum Gasteiger partial charge on any atom is 0.183 e. The Morgan fingerprint density at radius 1 is 0.800 bits per heavy atom. The quantitative estimate of drug-likeness (QED) is 0.608. The fourth-order valence-electron chi connectivity index (χ4n) is 2.29. The highest BCUT2D eigenvalue weighted by Gasteiger charge is 2.20. The molecule has 2 aromatic carbocycles. The predicted molar refractivity (Wildman–Crippen MR) is 103 cm³/mol. The molecule has 1 aliphatic heterocycles. The van der Waals surface area contributed by atoms with E-state index in [1.807, 2.05) is 24.3 Å². The highest BCUT2D eigenvalue weighted by Crippen LogP contribution is 2.15. The van der Waals surface area contributed by atoms with Crippen LogP contribution in [0.25, 0.3) is 0 Å². The Labute approximate surface area is 162 Å². The zero-order valence-electron chi connectivity index (χ0n) is 13.1. The van der Waals surface area contributed by atoms with Crippen LogP contribution in [0.15, 0.2) is 62.6 Å². The summed E-state index contributed by atoms with van der Waals surface area (Å²) in [5, 5.41) is 5.68. The smallest absolute Gasteiger partial charge is 0.183 e. The third-order valence-corrected chi connectivity index (χ3v) is 4.65. The Morgan fingerprint density at radius 3 is 1.80 bits per heavy atom. The Morgan fingerprint density at radius 2 is 1.28 bits per heavy atom. The first-order valence-corrected chi connectivity index (χ1v) is 9.09. The van der Waals surface area contributed by atoms with Crippen LogP contribution in [0.3, 0.4) is 0 Å². The van der Waals surface area contributed by atoms with Gasteiger partial charge in [-0.25, -0.2) is 0 Å². The molecule has 0 saturated carbocycles. The number of ketones is 2. The second-order valence-electron chi connectivity index (χ2n) is 5.48. The monoisotopic (exact) mass is 462 g/mol. The van der Waals surface area contributed by atoms with Gasteiger partial charge in [0.1, 0.15) is 12.9 Å². The van der Waals surface area contributed by atoms with Crippen LogP contribution >= 0.6 is 31.9 Å². The van der Waals surface area contributed by atoms with Crippen LogP contribution in [0.5, 0.6) is 0 Å². The normalized spacial score (nSPS) is 13.4. The van der Waals surface area contributed by atoms with Crippen molar-refractivity contribution >= 4 is 49.8 Å². The molecular formula is C18H14Br2N3O2. The van der Waals surface area contributed by atoms with E-state index in [-0.39, 0.29) is 24.7 Å². The second kappa shape index (κ2) is 7.93. The van der Waals surface area contributed by atoms with Gasteiger partial charge in [0.2, 0.25) is 0 Å². The average molecular weight is 464 g/mol. The summed E-state index contributed by atoms with van der Waals surface area (Å²) in [4.78, 5) is 26.2. The summed E-state index contributed by atoms with van der Waals surface area (Å²) in [7, 11) is 0. The van der Waals surface area contributed by atoms with Crippen LogP contribution in [0, 0.1) is 6.67 Å². The van der Waals surface area contributed by atoms with Gasteiger partial charge in [-0.05, 0) is 24.3 Å². The summed E-state index contributed by atoms with van der Waals surface area (Å²) in [6, 6.07) is 14.4. The zero-order valence-corrected chi connectivity index (χ0v) is 16.3. The molecule has 3 rings (SSSR count). The average Bonchev–Trinajstić information content (AvgIpc) is 3.02. The minimum atomic E-state index is -0.0398. The molecule has 5 nitrogen and oxygen atoms in total. The number of nitrogens with zero attached hydrogens (tertiary/aromatic N) is 3. The lowest BCUT2D eigenvalue weighted by Crippen LogP contribution is -2.29. The van der Waals surface area contributed by atoms with E-state index in [1.54, 1.807) is 42.2 Å². The van der Waals surface area contributed by atoms with Crippen molar-refractivity contribution in [2.45, 2.75) is 0 Å². The molecule has 1 aliphatic rings. The van der Waals surface area contributed by atoms with Gasteiger partial charge in [0, 0.05) is 20.1 Å². The SMILES string of the molecule is O=C(CN1[CH]N(CC(=O)c2ccc(Br)cc2)N=C1)c1ccc(Br)cc1. The number of hydrazone groups is 1. The molecule has 0 saturated heterocycles. The van der Waals surface area contributed by atoms with E-state index in [1.165, 1.54) is 5.01 Å². The summed E-state index contributed by atoms with van der Waals surface area (Å²) in [5.41, 5.74) is 1.26. The van der Waals surface area contributed by atoms with Gasteiger partial charge in [0.05, 0.1) is 6.54 Å². The van der Waals surface area contributed by atoms with E-state index in [2.05, 4.69) is 37.0 Å². The highest BCUT2D eigenvalue weighted by molar-refractivity contribution is 9.10. The van der Waals surface area contributed by atoms with Crippen molar-refractivity contribution in [2.75, 3.05) is 13.1 Å². The maximum atomic E-state index is 12.3. The Bertz CT molecular complexity index is 737. The van der Waals surface area contributed by atoms with E-state index in [4.69, 9.17) is 0 Å². The standard InChI is InChI=1S/C18H14Br2N3O2/c19-15-5-1-13(2-6-15)17(24)9-22-11-21-23(12-22)10-18(25)14-3-7-16(20)8-4-14/h1-8,11-12H,9-10H2. The van der Waals surface area contributed by atoms with Crippen molar-refractivity contribution in [1.82, 2.24) is 9.91 Å². The molecule has 0 unspecified atom stereocenters. The Kier molecular flexibility index (Phi) is 5.65. The summed E-state index contributed by atoms with van der Waals surface area (Å²) < 4.78 is 1.85. The van der Waals surface area contributed by atoms with Crippen molar-refractivity contribution in [2.24, 2.45) is 5.10 Å². The fraction of sp³-hybridized carbons (Fsp3) is 0.111. The molecule has 0 bridgehead atoms. The number of carbonyl (C=O) groups excluding carboxylic acids is 2. The van der Waals surface area contributed by atoms with Gasteiger partial charge in [0.15, 0.2) is 18.2 Å². The number of rotatable bonds is 6. The molecule has 0 aromatic heterocycles. The fourth-order valence-corrected chi connectivity index (χ4v) is 2.82. The number of Topliss-reactive ketones (excluding diaryl/α,β-unsaturated/α-hetero) is 2. The van der Waals surface area contributed by atoms with Crippen LogP contribution in [-0.4, -0.2) is 40.9 Å². The Balaban J connectivity index is 1.52. The zero-order chi connectivity index (χ0) is 17.8. The third-order valence-electron chi connectivity index (χ3n) is 3.59. The highest BCUT2D eigenvalue weighted by atomic mass is 79.9. The molecule has 0 fully saturated rings. The summed E-state index contributed by atoms with van der Waals surface area (Å²) in [6.07, 6.45) is 1.55. The van der Waals surface area contributed by atoms with Gasteiger partial charge in [-0.2, -0.15) is 5.10 Å². The van der Waals surface area contributed by atoms with Crippen molar-refractivity contribution < 1.29 is 9.59 Å². The van der Waals surface area contributed by atoms with Crippen molar-refractivity contribution in [3.63, 3.8) is 0 Å². The molecular weight excluding hydrogens is 450 g/mol. The first-order chi connectivity index (χ1) is 12.0. The Hall–Kier alpha value is -1.99. The number of hydrogen-bond acceptors (Lipinski definition) is 5. The molecule has 127 valence electrons. The lowest BCUT2D eigenvalue weighted by Gasteiger charge is -2.17. The van der Waals surface area contributed by atoms with Gasteiger partial charge < -0.3 is 4.90 Å². The van der Waals surface area contributed by atoms with Crippen LogP contribution < -0.4 is 0 Å². The lowest BCUT2D eigenvalue weighted by molar-refractivity contribution is 0.0937. The van der Waals surface area contributed by atoms with E-state index in [0.29, 0.717) is 11.1 Å². The molecule has 25 heavy (non-hydrogen) atoms. The summed E-state index contributed by atoms with van der Waals surface area (Å²) in [6.45, 7) is 1.96. The number of halogens is 2. The molecule has 0 atom stereocenters. The van der Waals surface area contributed by atoms with Gasteiger partial charge in [-0.3, -0.25) is 14.6 Å². The molecule has 0 amide bonds. The van der Waals surface area contributed by atoms with Gasteiger partial charge in [0.25, 0.3) is 0 Å². The largest absolute Gasteiger partial charge is 0.328 e. The summed E-state index contributed by atoms with van der Waals surface area (Å²) in [5.74, 6) is -0.0572. The predicted octanol–water partition coefficient (Wildman–Crippen LogP) is 3.96. The topological polar surface area (TPSA) is 53.0 Å². The van der Waals surface area contributed by atoms with Crippen molar-refractivity contribution in [3.05, 3.63) is 75.3 Å².